The highest BCUT2D eigenvalue weighted by Gasteiger charge is 2.37. The van der Waals surface area contributed by atoms with Gasteiger partial charge in [0.25, 0.3) is 0 Å². The molecule has 0 aromatic heterocycles. The van der Waals surface area contributed by atoms with Crippen LogP contribution in [0.1, 0.15) is 415 Å². The molecule has 3 N–H and O–H groups in total. The molecule has 16 heteroatoms. The molecule has 4 rings (SSSR count). The first-order valence-electron chi connectivity index (χ1n) is 45.3. The van der Waals surface area contributed by atoms with E-state index in [0.717, 1.165) is 110 Å². The minimum Gasteiger partial charge on any atom is -0.465 e. The van der Waals surface area contributed by atoms with Crippen LogP contribution in [0.25, 0.3) is 0 Å². The van der Waals surface area contributed by atoms with E-state index in [9.17, 15) is 38.4 Å². The minimum absolute atomic E-state index is 0.0735. The first kappa shape index (κ1) is 98.8. The number of nitrogens with zero attached hydrogens (tertiary/aromatic N) is 4. The van der Waals surface area contributed by atoms with E-state index in [1.165, 1.54) is 263 Å². The molecular formula is C89H169N7O9. The van der Waals surface area contributed by atoms with Crippen LogP contribution in [0, 0.1) is 29.6 Å². The summed E-state index contributed by atoms with van der Waals surface area (Å²) in [6.45, 7) is 28.2. The Balaban J connectivity index is 0.000000706. The Morgan fingerprint density at radius 2 is 0.514 bits per heavy atom. The molecule has 7 amide bonds. The van der Waals surface area contributed by atoms with Crippen LogP contribution >= 0.6 is 0 Å². The molecule has 4 heterocycles. The zero-order valence-corrected chi connectivity index (χ0v) is 70.2. The van der Waals surface area contributed by atoms with Gasteiger partial charge in [0.15, 0.2) is 0 Å². The summed E-state index contributed by atoms with van der Waals surface area (Å²) in [5, 5.41) is 9.05. The van der Waals surface area contributed by atoms with Crippen LogP contribution in [0.2, 0.25) is 0 Å². The highest BCUT2D eigenvalue weighted by atomic mass is 16.5. The van der Waals surface area contributed by atoms with Gasteiger partial charge in [-0.25, -0.2) is 0 Å². The number of carbonyl (C=O) groups is 8. The zero-order valence-electron chi connectivity index (χ0n) is 70.2. The van der Waals surface area contributed by atoms with Crippen LogP contribution in [-0.4, -0.2) is 146 Å². The highest BCUT2D eigenvalue weighted by Crippen LogP contribution is 2.25. The second-order valence-corrected chi connectivity index (χ2v) is 32.0. The molecule has 105 heavy (non-hydrogen) atoms. The van der Waals surface area contributed by atoms with Crippen LogP contribution < -0.4 is 16.0 Å². The number of esters is 1. The monoisotopic (exact) mass is 1480 g/mol. The zero-order chi connectivity index (χ0) is 77.0. The van der Waals surface area contributed by atoms with Crippen molar-refractivity contribution >= 4 is 47.3 Å². The number of likely N-dealkylation sites (tertiary alicyclic amines) is 4. The van der Waals surface area contributed by atoms with E-state index < -0.39 is 0 Å². The molecule has 0 aliphatic carbocycles. The van der Waals surface area contributed by atoms with Crippen molar-refractivity contribution in [1.82, 2.24) is 35.6 Å². The summed E-state index contributed by atoms with van der Waals surface area (Å²) in [5.41, 5.74) is 0. The maximum Gasteiger partial charge on any atom is 0.311 e. The van der Waals surface area contributed by atoms with Gasteiger partial charge in [0, 0.05) is 97.7 Å². The molecule has 5 unspecified atom stereocenters. The van der Waals surface area contributed by atoms with Crippen molar-refractivity contribution in [2.24, 2.45) is 29.6 Å². The first-order chi connectivity index (χ1) is 51.2. The fourth-order valence-electron chi connectivity index (χ4n) is 14.8. The minimum atomic E-state index is -0.252. The largest absolute Gasteiger partial charge is 0.465 e. The van der Waals surface area contributed by atoms with E-state index in [0.29, 0.717) is 64.4 Å². The van der Waals surface area contributed by atoms with Gasteiger partial charge >= 0.3 is 5.97 Å². The number of hydrogen-bond donors (Lipinski definition) is 3. The number of rotatable bonds is 64. The maximum atomic E-state index is 12.3. The lowest BCUT2D eigenvalue weighted by Crippen LogP contribution is -2.33. The molecule has 0 spiro atoms. The summed E-state index contributed by atoms with van der Waals surface area (Å²) in [6, 6.07) is 0. The summed E-state index contributed by atoms with van der Waals surface area (Å²) < 4.78 is 5.46. The quantitative estimate of drug-likeness (QED) is 0.0392. The molecule has 4 saturated heterocycles. The number of hydrogen-bond acceptors (Lipinski definition) is 9. The smallest absolute Gasteiger partial charge is 0.311 e. The van der Waals surface area contributed by atoms with Crippen LogP contribution in [0.5, 0.6) is 0 Å². The predicted molar refractivity (Wildman–Crippen MR) is 439 cm³/mol. The van der Waals surface area contributed by atoms with Crippen LogP contribution in [0.4, 0.5) is 0 Å². The average Bonchev–Trinajstić information content (AvgIpc) is 1.75. The topological polar surface area (TPSA) is 195 Å². The third-order valence-electron chi connectivity index (χ3n) is 22.2. The molecule has 4 aliphatic heterocycles. The van der Waals surface area contributed by atoms with Crippen molar-refractivity contribution in [3.8, 4) is 0 Å². The molecular weight excluding hydrogens is 1310 g/mol. The second-order valence-electron chi connectivity index (χ2n) is 32.0. The molecule has 16 nitrogen and oxygen atoms in total. The van der Waals surface area contributed by atoms with Crippen molar-refractivity contribution in [3.63, 3.8) is 0 Å². The van der Waals surface area contributed by atoms with Gasteiger partial charge in [-0.2, -0.15) is 0 Å². The van der Waals surface area contributed by atoms with Gasteiger partial charge in [0.2, 0.25) is 41.4 Å². The fourth-order valence-corrected chi connectivity index (χ4v) is 14.8. The van der Waals surface area contributed by atoms with E-state index in [2.05, 4.69) is 78.3 Å². The van der Waals surface area contributed by atoms with Crippen LogP contribution in [-0.2, 0) is 43.1 Å². The summed E-state index contributed by atoms with van der Waals surface area (Å²) in [5.74, 6) is 0.446. The molecule has 5 atom stereocenters. The molecule has 614 valence electrons. The van der Waals surface area contributed by atoms with Crippen molar-refractivity contribution in [2.45, 2.75) is 415 Å². The van der Waals surface area contributed by atoms with E-state index in [1.54, 1.807) is 0 Å². The van der Waals surface area contributed by atoms with Gasteiger partial charge in [-0.05, 0) is 57.3 Å². The second kappa shape index (κ2) is 70.2. The Morgan fingerprint density at radius 1 is 0.295 bits per heavy atom. The Morgan fingerprint density at radius 3 is 0.771 bits per heavy atom. The number of carbonyl (C=O) groups excluding carboxylic acids is 8. The Kier molecular flexibility index (Phi) is 66.0. The molecule has 0 bridgehead atoms. The molecule has 0 radical (unpaired) electrons. The standard InChI is InChI=1S/C27H52N2O2.C23H44N2O2.C22H42N2O2.C17H31NO3/c1-3-5-7-9-10-11-12-13-14-15-16-17-18-20-22-29-24-25(23-26(29)30)27(31)28-21-19-8-6-4-2;1-3-5-7-9-10-11-12-13-14-16-18-25-20-21(19-22(25)26)23(27)24-17-15-8-6-4-2;1-3-5-7-9-10-11-12-13-15-17-24-19-20(18-21(24)25)22(26)23-16-14-8-6-4-2;1-4-7-9-14(6-3)13-21-17(20)15-11-16(19)18(12-15)10-8-5-2/h25H,3-24H2,1-2H3,(H,28,31);21H,3-20H2,1-2H3,(H,24,27);20H,3-19H2,1-2H3,(H,23,26);14-15H,4-13H2,1-3H3. The third kappa shape index (κ3) is 52.5. The van der Waals surface area contributed by atoms with Crippen LogP contribution in [0.15, 0.2) is 0 Å². The number of unbranched alkanes of at least 4 members (excludes halogenated alkanes) is 41. The molecule has 4 fully saturated rings. The van der Waals surface area contributed by atoms with Gasteiger partial charge in [-0.15, -0.1) is 0 Å². The number of amides is 7. The summed E-state index contributed by atoms with van der Waals surface area (Å²) in [4.78, 5) is 105. The lowest BCUT2D eigenvalue weighted by Gasteiger charge is -2.17. The van der Waals surface area contributed by atoms with Crippen molar-refractivity contribution < 1.29 is 43.1 Å². The third-order valence-corrected chi connectivity index (χ3v) is 22.2. The van der Waals surface area contributed by atoms with Gasteiger partial charge in [-0.1, -0.05) is 338 Å². The lowest BCUT2D eigenvalue weighted by molar-refractivity contribution is -0.150. The number of ether oxygens (including phenoxy) is 1. The Hall–Kier alpha value is -4.24. The van der Waals surface area contributed by atoms with E-state index >= 15 is 0 Å². The summed E-state index contributed by atoms with van der Waals surface area (Å²) >= 11 is 0. The highest BCUT2D eigenvalue weighted by molar-refractivity contribution is 5.91. The summed E-state index contributed by atoms with van der Waals surface area (Å²) in [7, 11) is 0. The van der Waals surface area contributed by atoms with Gasteiger partial charge < -0.3 is 40.3 Å². The molecule has 0 aromatic rings. The van der Waals surface area contributed by atoms with Gasteiger partial charge in [0.1, 0.15) is 0 Å². The van der Waals surface area contributed by atoms with Crippen LogP contribution in [0.3, 0.4) is 0 Å². The van der Waals surface area contributed by atoms with Crippen molar-refractivity contribution in [1.29, 1.82) is 0 Å². The Bertz CT molecular complexity index is 2150. The number of nitrogens with one attached hydrogen (secondary N) is 3. The van der Waals surface area contributed by atoms with Crippen molar-refractivity contribution in [2.75, 3.05) is 78.6 Å². The van der Waals surface area contributed by atoms with E-state index in [4.69, 9.17) is 4.74 Å². The Labute approximate surface area is 646 Å². The predicted octanol–water partition coefficient (Wildman–Crippen LogP) is 20.9. The first-order valence-corrected chi connectivity index (χ1v) is 45.3. The molecule has 4 aliphatic rings. The summed E-state index contributed by atoms with van der Waals surface area (Å²) in [6.07, 6.45) is 65.7. The fraction of sp³-hybridized carbons (Fsp3) is 0.910. The normalized spacial score (nSPS) is 17.3. The SMILES string of the molecule is CCCCC(CC)COC(=O)C1CC(=O)N(CCCC)C1.CCCCCCCCCCCCCCCCN1CC(C(=O)NCCCCCC)CC1=O.CCCCCCCCCCCCN1CC(C(=O)NCCCCCC)CC1=O.CCCCCCCCCCCN1CC(C(=O)NCCCCCC)CC1=O. The van der Waals surface area contributed by atoms with Crippen molar-refractivity contribution in [3.05, 3.63) is 0 Å². The van der Waals surface area contributed by atoms with Gasteiger partial charge in [-0.3, -0.25) is 38.4 Å². The maximum absolute atomic E-state index is 12.3. The average molecular weight is 1480 g/mol. The molecule has 0 saturated carbocycles. The molecule has 0 aromatic carbocycles. The van der Waals surface area contributed by atoms with E-state index in [1.807, 2.05) is 19.6 Å². The van der Waals surface area contributed by atoms with E-state index in [-0.39, 0.29) is 71.0 Å². The van der Waals surface area contributed by atoms with Gasteiger partial charge in [0.05, 0.1) is 30.3 Å². The lowest BCUT2D eigenvalue weighted by atomic mass is 10.0.